The molecule has 2 nitrogen and oxygen atoms in total. The van der Waals surface area contributed by atoms with Gasteiger partial charge in [0.15, 0.2) is 0 Å². The summed E-state index contributed by atoms with van der Waals surface area (Å²) in [5.41, 5.74) is 2.71. The SMILES string of the molecule is C=Cc1ccc(C)c(Oc2ccc(C=O)cc2)c1. The first kappa shape index (κ1) is 12.1. The van der Waals surface area contributed by atoms with Gasteiger partial charge in [-0.25, -0.2) is 0 Å². The van der Waals surface area contributed by atoms with Crippen LogP contribution in [0.25, 0.3) is 6.08 Å². The van der Waals surface area contributed by atoms with Gasteiger partial charge < -0.3 is 4.74 Å². The van der Waals surface area contributed by atoms with E-state index in [2.05, 4.69) is 6.58 Å². The highest BCUT2D eigenvalue weighted by atomic mass is 16.5. The molecule has 0 saturated heterocycles. The predicted octanol–water partition coefficient (Wildman–Crippen LogP) is 4.24. The van der Waals surface area contributed by atoms with Gasteiger partial charge in [0.2, 0.25) is 0 Å². The molecule has 90 valence electrons. The summed E-state index contributed by atoms with van der Waals surface area (Å²) < 4.78 is 5.79. The van der Waals surface area contributed by atoms with Gasteiger partial charge in [-0.15, -0.1) is 0 Å². The molecule has 0 aromatic heterocycles. The maximum Gasteiger partial charge on any atom is 0.150 e. The summed E-state index contributed by atoms with van der Waals surface area (Å²) >= 11 is 0. The third kappa shape index (κ3) is 2.66. The molecule has 2 rings (SSSR count). The molecule has 0 N–H and O–H groups in total. The molecule has 0 aliphatic carbocycles. The Labute approximate surface area is 107 Å². The fraction of sp³-hybridized carbons (Fsp3) is 0.0625. The van der Waals surface area contributed by atoms with Crippen molar-refractivity contribution in [2.24, 2.45) is 0 Å². The Morgan fingerprint density at radius 1 is 1.06 bits per heavy atom. The van der Waals surface area contributed by atoms with Gasteiger partial charge in [0.25, 0.3) is 0 Å². The summed E-state index contributed by atoms with van der Waals surface area (Å²) in [5, 5.41) is 0. The van der Waals surface area contributed by atoms with Gasteiger partial charge >= 0.3 is 0 Å². The predicted molar refractivity (Wildman–Crippen MR) is 73.2 cm³/mol. The van der Waals surface area contributed by atoms with Crippen molar-refractivity contribution in [1.82, 2.24) is 0 Å². The quantitative estimate of drug-likeness (QED) is 0.744. The van der Waals surface area contributed by atoms with E-state index in [4.69, 9.17) is 4.74 Å². The van der Waals surface area contributed by atoms with Crippen molar-refractivity contribution in [2.75, 3.05) is 0 Å². The maximum absolute atomic E-state index is 10.6. The summed E-state index contributed by atoms with van der Waals surface area (Å²) in [5.74, 6) is 1.51. The topological polar surface area (TPSA) is 26.3 Å². The molecule has 0 atom stereocenters. The molecule has 2 heteroatoms. The molecule has 0 fully saturated rings. The van der Waals surface area contributed by atoms with Gasteiger partial charge in [-0.2, -0.15) is 0 Å². The van der Waals surface area contributed by atoms with E-state index < -0.39 is 0 Å². The Bertz CT molecular complexity index is 568. The van der Waals surface area contributed by atoms with E-state index >= 15 is 0 Å². The van der Waals surface area contributed by atoms with Crippen LogP contribution in [0.2, 0.25) is 0 Å². The molecule has 0 aliphatic heterocycles. The average molecular weight is 238 g/mol. The van der Waals surface area contributed by atoms with Gasteiger partial charge in [-0.05, 0) is 48.4 Å². The van der Waals surface area contributed by atoms with Crippen molar-refractivity contribution in [3.05, 3.63) is 65.7 Å². The Kier molecular flexibility index (Phi) is 3.58. The Morgan fingerprint density at radius 2 is 1.72 bits per heavy atom. The standard InChI is InChI=1S/C16H14O2/c1-3-13-5-4-12(2)16(10-13)18-15-8-6-14(11-17)7-9-15/h3-11H,1H2,2H3. The fourth-order valence-electron chi connectivity index (χ4n) is 1.60. The second-order valence-electron chi connectivity index (χ2n) is 4.02. The minimum atomic E-state index is 0.638. The van der Waals surface area contributed by atoms with Crippen LogP contribution in [0.1, 0.15) is 21.5 Å². The molecule has 0 bridgehead atoms. The number of aryl methyl sites for hydroxylation is 1. The fourth-order valence-corrected chi connectivity index (χ4v) is 1.60. The molecule has 0 spiro atoms. The lowest BCUT2D eigenvalue weighted by Gasteiger charge is -2.09. The highest BCUT2D eigenvalue weighted by molar-refractivity contribution is 5.74. The molecular formula is C16H14O2. The highest BCUT2D eigenvalue weighted by Crippen LogP contribution is 2.26. The zero-order chi connectivity index (χ0) is 13.0. The van der Waals surface area contributed by atoms with Crippen molar-refractivity contribution in [1.29, 1.82) is 0 Å². The molecule has 0 radical (unpaired) electrons. The van der Waals surface area contributed by atoms with E-state index in [0.29, 0.717) is 11.3 Å². The zero-order valence-corrected chi connectivity index (χ0v) is 10.2. The Balaban J connectivity index is 2.26. The van der Waals surface area contributed by atoms with Crippen molar-refractivity contribution in [2.45, 2.75) is 6.92 Å². The molecule has 18 heavy (non-hydrogen) atoms. The Hall–Kier alpha value is -2.35. The van der Waals surface area contributed by atoms with Crippen LogP contribution in [0.3, 0.4) is 0 Å². The van der Waals surface area contributed by atoms with Crippen molar-refractivity contribution < 1.29 is 9.53 Å². The van der Waals surface area contributed by atoms with Crippen LogP contribution in [0.5, 0.6) is 11.5 Å². The van der Waals surface area contributed by atoms with Crippen LogP contribution in [0.15, 0.2) is 49.0 Å². The van der Waals surface area contributed by atoms with Gasteiger partial charge in [-0.3, -0.25) is 4.79 Å². The molecular weight excluding hydrogens is 224 g/mol. The molecule has 0 unspecified atom stereocenters. The van der Waals surface area contributed by atoms with E-state index in [-0.39, 0.29) is 0 Å². The van der Waals surface area contributed by atoms with Crippen LogP contribution < -0.4 is 4.74 Å². The van der Waals surface area contributed by atoms with Crippen LogP contribution in [-0.2, 0) is 0 Å². The minimum Gasteiger partial charge on any atom is -0.457 e. The molecule has 0 heterocycles. The third-order valence-corrected chi connectivity index (χ3v) is 2.69. The van der Waals surface area contributed by atoms with E-state index in [0.717, 1.165) is 23.2 Å². The van der Waals surface area contributed by atoms with Crippen LogP contribution in [0, 0.1) is 6.92 Å². The van der Waals surface area contributed by atoms with Crippen molar-refractivity contribution in [3.63, 3.8) is 0 Å². The molecule has 2 aromatic carbocycles. The summed E-state index contributed by atoms with van der Waals surface area (Å²) in [6.07, 6.45) is 2.59. The summed E-state index contributed by atoms with van der Waals surface area (Å²) in [7, 11) is 0. The number of carbonyl (C=O) groups excluding carboxylic acids is 1. The van der Waals surface area contributed by atoms with Crippen LogP contribution in [0.4, 0.5) is 0 Å². The zero-order valence-electron chi connectivity index (χ0n) is 10.2. The average Bonchev–Trinajstić information content (AvgIpc) is 2.42. The number of aldehydes is 1. The maximum atomic E-state index is 10.6. The van der Waals surface area contributed by atoms with E-state index in [1.165, 1.54) is 0 Å². The number of benzene rings is 2. The number of rotatable bonds is 4. The summed E-state index contributed by atoms with van der Waals surface area (Å²) in [4.78, 5) is 10.6. The largest absolute Gasteiger partial charge is 0.457 e. The summed E-state index contributed by atoms with van der Waals surface area (Å²) in [6.45, 7) is 5.73. The minimum absolute atomic E-state index is 0.638. The lowest BCUT2D eigenvalue weighted by Crippen LogP contribution is -1.89. The normalized spacial score (nSPS) is 9.83. The molecule has 0 amide bonds. The second-order valence-corrected chi connectivity index (χ2v) is 4.02. The number of ether oxygens (including phenoxy) is 1. The first-order valence-electron chi connectivity index (χ1n) is 5.69. The van der Waals surface area contributed by atoms with E-state index in [1.54, 1.807) is 30.3 Å². The first-order valence-corrected chi connectivity index (χ1v) is 5.69. The lowest BCUT2D eigenvalue weighted by molar-refractivity contribution is 0.112. The molecule has 2 aromatic rings. The molecule has 0 aliphatic rings. The number of carbonyl (C=O) groups is 1. The van der Waals surface area contributed by atoms with E-state index in [1.807, 2.05) is 25.1 Å². The third-order valence-electron chi connectivity index (χ3n) is 2.69. The first-order chi connectivity index (χ1) is 8.72. The summed E-state index contributed by atoms with van der Waals surface area (Å²) in [6, 6.07) is 12.9. The Morgan fingerprint density at radius 3 is 2.33 bits per heavy atom. The monoisotopic (exact) mass is 238 g/mol. The molecule has 0 saturated carbocycles. The van der Waals surface area contributed by atoms with Gasteiger partial charge in [0.05, 0.1) is 0 Å². The second kappa shape index (κ2) is 5.32. The van der Waals surface area contributed by atoms with Crippen molar-refractivity contribution >= 4 is 12.4 Å². The van der Waals surface area contributed by atoms with E-state index in [9.17, 15) is 4.79 Å². The van der Waals surface area contributed by atoms with Gasteiger partial charge in [0.1, 0.15) is 17.8 Å². The smallest absolute Gasteiger partial charge is 0.150 e. The number of hydrogen-bond donors (Lipinski definition) is 0. The number of hydrogen-bond acceptors (Lipinski definition) is 2. The van der Waals surface area contributed by atoms with Crippen LogP contribution >= 0.6 is 0 Å². The van der Waals surface area contributed by atoms with Gasteiger partial charge in [0, 0.05) is 5.56 Å². The van der Waals surface area contributed by atoms with Gasteiger partial charge in [-0.1, -0.05) is 24.8 Å². The van der Waals surface area contributed by atoms with Crippen molar-refractivity contribution in [3.8, 4) is 11.5 Å². The van der Waals surface area contributed by atoms with Crippen LogP contribution in [-0.4, -0.2) is 6.29 Å². The highest BCUT2D eigenvalue weighted by Gasteiger charge is 2.02. The lowest BCUT2D eigenvalue weighted by atomic mass is 10.1.